The molecule has 1 N–H and O–H groups in total. The summed E-state index contributed by atoms with van der Waals surface area (Å²) in [5, 5.41) is 3.57. The molecule has 2 nitrogen and oxygen atoms in total. The summed E-state index contributed by atoms with van der Waals surface area (Å²) in [6.07, 6.45) is 7.52. The lowest BCUT2D eigenvalue weighted by Gasteiger charge is -2.23. The van der Waals surface area contributed by atoms with Gasteiger partial charge in [-0.2, -0.15) is 0 Å². The van der Waals surface area contributed by atoms with E-state index in [4.69, 9.17) is 0 Å². The van der Waals surface area contributed by atoms with Gasteiger partial charge in [0, 0.05) is 16.7 Å². The Morgan fingerprint density at radius 1 is 1.27 bits per heavy atom. The van der Waals surface area contributed by atoms with E-state index in [0.29, 0.717) is 6.04 Å². The number of nitrogens with zero attached hydrogens (tertiary/aromatic N) is 1. The van der Waals surface area contributed by atoms with Crippen molar-refractivity contribution < 1.29 is 0 Å². The van der Waals surface area contributed by atoms with Gasteiger partial charge in [-0.3, -0.25) is 0 Å². The Morgan fingerprint density at radius 3 is 2.80 bits per heavy atom. The van der Waals surface area contributed by atoms with Crippen molar-refractivity contribution in [1.29, 1.82) is 0 Å². The monoisotopic (exact) mass is 266 g/mol. The Labute approximate surface area is 98.6 Å². The van der Waals surface area contributed by atoms with Gasteiger partial charge in [0.15, 0.2) is 0 Å². The normalized spacial score (nSPS) is 33.3. The molecule has 3 heteroatoms. The number of halogens is 1. The topological polar surface area (TPSA) is 24.9 Å². The van der Waals surface area contributed by atoms with Crippen molar-refractivity contribution in [2.75, 3.05) is 5.32 Å². The quantitative estimate of drug-likeness (QED) is 0.887. The summed E-state index contributed by atoms with van der Waals surface area (Å²) in [5.41, 5.74) is 0. The molecule has 3 atom stereocenters. The molecule has 2 bridgehead atoms. The zero-order valence-corrected chi connectivity index (χ0v) is 10.2. The summed E-state index contributed by atoms with van der Waals surface area (Å²) >= 11 is 3.40. The molecular weight excluding hydrogens is 252 g/mol. The van der Waals surface area contributed by atoms with Crippen LogP contribution >= 0.6 is 15.9 Å². The van der Waals surface area contributed by atoms with Crippen LogP contribution in [0.3, 0.4) is 0 Å². The summed E-state index contributed by atoms with van der Waals surface area (Å²) < 4.78 is 1.04. The number of anilines is 1. The fourth-order valence-electron chi connectivity index (χ4n) is 3.07. The molecule has 1 heterocycles. The second-order valence-corrected chi connectivity index (χ2v) is 5.70. The third-order valence-corrected chi connectivity index (χ3v) is 4.27. The molecule has 0 aromatic carbocycles. The van der Waals surface area contributed by atoms with Gasteiger partial charge >= 0.3 is 0 Å². The van der Waals surface area contributed by atoms with Crippen molar-refractivity contribution in [3.05, 3.63) is 22.8 Å². The molecule has 1 aromatic rings. The smallest absolute Gasteiger partial charge is 0.126 e. The molecule has 2 aliphatic rings. The van der Waals surface area contributed by atoms with Crippen LogP contribution in [0.15, 0.2) is 22.8 Å². The highest BCUT2D eigenvalue weighted by Crippen LogP contribution is 2.45. The zero-order valence-electron chi connectivity index (χ0n) is 8.62. The summed E-state index contributed by atoms with van der Waals surface area (Å²) in [7, 11) is 0. The van der Waals surface area contributed by atoms with E-state index >= 15 is 0 Å². The van der Waals surface area contributed by atoms with Crippen molar-refractivity contribution >= 4 is 21.7 Å². The summed E-state index contributed by atoms with van der Waals surface area (Å²) in [6.45, 7) is 0. The van der Waals surface area contributed by atoms with Gasteiger partial charge in [0.1, 0.15) is 5.82 Å². The van der Waals surface area contributed by atoms with Crippen LogP contribution in [-0.4, -0.2) is 11.0 Å². The number of fused-ring (bicyclic) bond motifs is 2. The van der Waals surface area contributed by atoms with Crippen LogP contribution in [0.2, 0.25) is 0 Å². The van der Waals surface area contributed by atoms with Crippen LogP contribution in [0.25, 0.3) is 0 Å². The molecule has 0 amide bonds. The second-order valence-electron chi connectivity index (χ2n) is 4.79. The van der Waals surface area contributed by atoms with Crippen molar-refractivity contribution in [2.24, 2.45) is 11.8 Å². The fourth-order valence-corrected chi connectivity index (χ4v) is 3.31. The predicted octanol–water partition coefficient (Wildman–Crippen LogP) is 3.44. The van der Waals surface area contributed by atoms with Crippen LogP contribution in [-0.2, 0) is 0 Å². The van der Waals surface area contributed by atoms with E-state index in [9.17, 15) is 0 Å². The molecule has 3 unspecified atom stereocenters. The minimum atomic E-state index is 0.678. The van der Waals surface area contributed by atoms with E-state index in [1.54, 1.807) is 0 Å². The number of hydrogen-bond donors (Lipinski definition) is 1. The van der Waals surface area contributed by atoms with E-state index in [0.717, 1.165) is 22.1 Å². The van der Waals surface area contributed by atoms with Crippen LogP contribution in [0, 0.1) is 11.8 Å². The van der Waals surface area contributed by atoms with Gasteiger partial charge in [0.05, 0.1) is 0 Å². The lowest BCUT2D eigenvalue weighted by molar-refractivity contribution is 0.439. The largest absolute Gasteiger partial charge is 0.367 e. The van der Waals surface area contributed by atoms with Gasteiger partial charge in [-0.05, 0) is 59.2 Å². The number of aromatic nitrogens is 1. The molecule has 1 aromatic heterocycles. The van der Waals surface area contributed by atoms with E-state index in [-0.39, 0.29) is 0 Å². The first-order chi connectivity index (χ1) is 7.31. The third kappa shape index (κ3) is 1.89. The number of nitrogens with one attached hydrogen (secondary N) is 1. The molecule has 80 valence electrons. The highest BCUT2D eigenvalue weighted by molar-refractivity contribution is 9.10. The fraction of sp³-hybridized carbons (Fsp3) is 0.583. The number of hydrogen-bond acceptors (Lipinski definition) is 2. The van der Waals surface area contributed by atoms with Gasteiger partial charge in [-0.25, -0.2) is 4.98 Å². The molecule has 0 radical (unpaired) electrons. The van der Waals surface area contributed by atoms with Gasteiger partial charge < -0.3 is 5.32 Å². The van der Waals surface area contributed by atoms with Gasteiger partial charge in [0.25, 0.3) is 0 Å². The first-order valence-electron chi connectivity index (χ1n) is 5.69. The van der Waals surface area contributed by atoms with E-state index in [1.165, 1.54) is 25.7 Å². The predicted molar refractivity (Wildman–Crippen MR) is 64.8 cm³/mol. The summed E-state index contributed by atoms with van der Waals surface area (Å²) in [4.78, 5) is 4.37. The minimum absolute atomic E-state index is 0.678. The van der Waals surface area contributed by atoms with Crippen molar-refractivity contribution in [3.63, 3.8) is 0 Å². The molecule has 0 saturated heterocycles. The second kappa shape index (κ2) is 3.78. The van der Waals surface area contributed by atoms with Gasteiger partial charge in [-0.1, -0.05) is 6.42 Å². The Morgan fingerprint density at radius 2 is 2.20 bits per heavy atom. The van der Waals surface area contributed by atoms with Gasteiger partial charge in [-0.15, -0.1) is 0 Å². The Hall–Kier alpha value is -0.570. The first kappa shape index (κ1) is 9.64. The van der Waals surface area contributed by atoms with Crippen LogP contribution in [0.1, 0.15) is 25.7 Å². The highest BCUT2D eigenvalue weighted by Gasteiger charge is 2.39. The zero-order chi connectivity index (χ0) is 10.3. The molecular formula is C12H15BrN2. The van der Waals surface area contributed by atoms with E-state index in [1.807, 2.05) is 12.3 Å². The maximum absolute atomic E-state index is 4.37. The number of pyridine rings is 1. The van der Waals surface area contributed by atoms with Gasteiger partial charge in [0.2, 0.25) is 0 Å². The van der Waals surface area contributed by atoms with Crippen LogP contribution < -0.4 is 5.32 Å². The highest BCUT2D eigenvalue weighted by atomic mass is 79.9. The summed E-state index contributed by atoms with van der Waals surface area (Å²) in [5.74, 6) is 2.92. The molecule has 0 aliphatic heterocycles. The average molecular weight is 267 g/mol. The SMILES string of the molecule is Brc1ccc(NC2CC3CCC2C3)nc1. The lowest BCUT2D eigenvalue weighted by Crippen LogP contribution is -2.26. The molecule has 2 fully saturated rings. The molecule has 15 heavy (non-hydrogen) atoms. The third-order valence-electron chi connectivity index (χ3n) is 3.80. The summed E-state index contributed by atoms with van der Waals surface area (Å²) in [6, 6.07) is 4.77. The maximum Gasteiger partial charge on any atom is 0.126 e. The maximum atomic E-state index is 4.37. The Kier molecular flexibility index (Phi) is 2.43. The Balaban J connectivity index is 1.68. The Bertz CT molecular complexity index is 349. The van der Waals surface area contributed by atoms with Crippen LogP contribution in [0.5, 0.6) is 0 Å². The molecule has 0 spiro atoms. The first-order valence-corrected chi connectivity index (χ1v) is 6.48. The lowest BCUT2D eigenvalue weighted by atomic mass is 9.95. The number of rotatable bonds is 2. The standard InChI is InChI=1S/C12H15BrN2/c13-10-3-4-12(14-7-10)15-11-6-8-1-2-9(11)5-8/h3-4,7-9,11H,1-2,5-6H2,(H,14,15). The van der Waals surface area contributed by atoms with Crippen molar-refractivity contribution in [3.8, 4) is 0 Å². The molecule has 2 aliphatic carbocycles. The van der Waals surface area contributed by atoms with Crippen molar-refractivity contribution in [1.82, 2.24) is 4.98 Å². The van der Waals surface area contributed by atoms with Crippen molar-refractivity contribution in [2.45, 2.75) is 31.7 Å². The molecule has 2 saturated carbocycles. The van der Waals surface area contributed by atoms with E-state index < -0.39 is 0 Å². The van der Waals surface area contributed by atoms with E-state index in [2.05, 4.69) is 32.3 Å². The molecule has 3 rings (SSSR count). The average Bonchev–Trinajstić information content (AvgIpc) is 2.83. The minimum Gasteiger partial charge on any atom is -0.367 e. The van der Waals surface area contributed by atoms with Crippen LogP contribution in [0.4, 0.5) is 5.82 Å².